The molecular formula is C23H20N2O5. The van der Waals surface area contributed by atoms with E-state index in [0.717, 1.165) is 0 Å². The molecule has 0 bridgehead atoms. The van der Waals surface area contributed by atoms with Gasteiger partial charge in [0.2, 0.25) is 0 Å². The minimum atomic E-state index is -0.687. The number of rotatable bonds is 5. The number of methoxy groups -OCH3 is 2. The standard InChI is InChI=1S/C23H20N2O5/c1-29-22(27)19-10-6-7-15-25(20(19)23(28)30-2)18-13-11-17(12-14-18)24-21(26)16-8-4-3-5-9-16/h3-15H,1-2H3,(H,24,26). The Hall–Kier alpha value is -4.13. The summed E-state index contributed by atoms with van der Waals surface area (Å²) < 4.78 is 9.68. The Balaban J connectivity index is 1.91. The summed E-state index contributed by atoms with van der Waals surface area (Å²) in [4.78, 5) is 38.5. The van der Waals surface area contributed by atoms with Crippen LogP contribution in [0.25, 0.3) is 0 Å². The van der Waals surface area contributed by atoms with E-state index in [1.54, 1.807) is 66.9 Å². The number of ether oxygens (including phenoxy) is 2. The Kier molecular flexibility index (Phi) is 6.44. The fraction of sp³-hybridized carbons (Fsp3) is 0.0870. The van der Waals surface area contributed by atoms with Gasteiger partial charge in [-0.2, -0.15) is 0 Å². The fourth-order valence-corrected chi connectivity index (χ4v) is 2.86. The van der Waals surface area contributed by atoms with E-state index in [0.29, 0.717) is 16.9 Å². The molecule has 0 atom stereocenters. The third-order valence-electron chi connectivity index (χ3n) is 4.33. The summed E-state index contributed by atoms with van der Waals surface area (Å²) in [7, 11) is 2.48. The normalized spacial score (nSPS) is 12.9. The molecule has 7 heteroatoms. The molecule has 152 valence electrons. The molecule has 0 aromatic heterocycles. The molecular weight excluding hydrogens is 384 g/mol. The first-order chi connectivity index (χ1) is 14.5. The van der Waals surface area contributed by atoms with Crippen molar-refractivity contribution in [2.75, 3.05) is 24.4 Å². The van der Waals surface area contributed by atoms with Crippen LogP contribution in [0.5, 0.6) is 0 Å². The molecule has 30 heavy (non-hydrogen) atoms. The lowest BCUT2D eigenvalue weighted by atomic mass is 10.1. The second-order valence-corrected chi connectivity index (χ2v) is 6.18. The van der Waals surface area contributed by atoms with Crippen LogP contribution in [0.15, 0.2) is 90.3 Å². The van der Waals surface area contributed by atoms with Crippen molar-refractivity contribution in [1.29, 1.82) is 0 Å². The van der Waals surface area contributed by atoms with Gasteiger partial charge in [0.25, 0.3) is 5.91 Å². The number of carbonyl (C=O) groups excluding carboxylic acids is 3. The summed E-state index contributed by atoms with van der Waals surface area (Å²) in [5.74, 6) is -1.58. The molecule has 7 nitrogen and oxygen atoms in total. The molecule has 2 aromatic carbocycles. The largest absolute Gasteiger partial charge is 0.465 e. The van der Waals surface area contributed by atoms with Gasteiger partial charge in [-0.05, 0) is 48.6 Å². The SMILES string of the molecule is COC(=O)C1=C(C(=O)OC)N(c2ccc(NC(=O)c3ccccc3)cc2)C=CC=C1. The van der Waals surface area contributed by atoms with Gasteiger partial charge >= 0.3 is 11.9 Å². The Morgan fingerprint density at radius 3 is 2.13 bits per heavy atom. The van der Waals surface area contributed by atoms with Crippen molar-refractivity contribution >= 4 is 29.2 Å². The Morgan fingerprint density at radius 2 is 1.50 bits per heavy atom. The lowest BCUT2D eigenvalue weighted by molar-refractivity contribution is -0.139. The quantitative estimate of drug-likeness (QED) is 0.769. The Bertz CT molecular complexity index is 1040. The number of allylic oxidation sites excluding steroid dienone is 2. The van der Waals surface area contributed by atoms with Gasteiger partial charge in [-0.25, -0.2) is 9.59 Å². The maximum absolute atomic E-state index is 12.4. The molecule has 1 heterocycles. The highest BCUT2D eigenvalue weighted by Gasteiger charge is 2.27. The van der Waals surface area contributed by atoms with Crippen LogP contribution < -0.4 is 10.2 Å². The fourth-order valence-electron chi connectivity index (χ4n) is 2.86. The Morgan fingerprint density at radius 1 is 0.833 bits per heavy atom. The van der Waals surface area contributed by atoms with Crippen LogP contribution in [-0.2, 0) is 19.1 Å². The van der Waals surface area contributed by atoms with Crippen LogP contribution in [0.1, 0.15) is 10.4 Å². The first-order valence-electron chi connectivity index (χ1n) is 9.06. The molecule has 0 radical (unpaired) electrons. The number of carbonyl (C=O) groups is 3. The third-order valence-corrected chi connectivity index (χ3v) is 4.33. The monoisotopic (exact) mass is 404 g/mol. The second-order valence-electron chi connectivity index (χ2n) is 6.18. The molecule has 0 unspecified atom stereocenters. The summed E-state index contributed by atoms with van der Waals surface area (Å²) >= 11 is 0. The van der Waals surface area contributed by atoms with E-state index < -0.39 is 11.9 Å². The van der Waals surface area contributed by atoms with E-state index in [-0.39, 0.29) is 17.2 Å². The predicted octanol–water partition coefficient (Wildman–Crippen LogP) is 3.43. The highest BCUT2D eigenvalue weighted by atomic mass is 16.5. The number of esters is 2. The van der Waals surface area contributed by atoms with Crippen molar-refractivity contribution in [1.82, 2.24) is 0 Å². The number of nitrogens with zero attached hydrogens (tertiary/aromatic N) is 1. The van der Waals surface area contributed by atoms with Crippen molar-refractivity contribution in [2.24, 2.45) is 0 Å². The van der Waals surface area contributed by atoms with Crippen LogP contribution >= 0.6 is 0 Å². The third kappa shape index (κ3) is 4.47. The summed E-state index contributed by atoms with van der Waals surface area (Å²) in [5.41, 5.74) is 1.81. The summed E-state index contributed by atoms with van der Waals surface area (Å²) in [5, 5.41) is 2.82. The van der Waals surface area contributed by atoms with Gasteiger partial charge in [0, 0.05) is 23.1 Å². The van der Waals surface area contributed by atoms with Gasteiger partial charge in [-0.1, -0.05) is 24.3 Å². The van der Waals surface area contributed by atoms with Gasteiger partial charge in [0.1, 0.15) is 5.70 Å². The summed E-state index contributed by atoms with van der Waals surface area (Å²) in [6, 6.07) is 15.7. The van der Waals surface area contributed by atoms with Gasteiger partial charge < -0.3 is 19.7 Å². The van der Waals surface area contributed by atoms with Crippen LogP contribution in [0.2, 0.25) is 0 Å². The van der Waals surface area contributed by atoms with Crippen LogP contribution in [0.4, 0.5) is 11.4 Å². The number of anilines is 2. The molecule has 0 saturated heterocycles. The number of hydrogen-bond donors (Lipinski definition) is 1. The first kappa shape index (κ1) is 20.6. The smallest absolute Gasteiger partial charge is 0.355 e. The van der Waals surface area contributed by atoms with E-state index in [1.807, 2.05) is 6.07 Å². The second kappa shape index (κ2) is 9.38. The minimum Gasteiger partial charge on any atom is -0.465 e. The number of nitrogens with one attached hydrogen (secondary N) is 1. The number of hydrogen-bond acceptors (Lipinski definition) is 6. The zero-order valence-corrected chi connectivity index (χ0v) is 16.5. The van der Waals surface area contributed by atoms with Crippen molar-refractivity contribution in [3.8, 4) is 0 Å². The van der Waals surface area contributed by atoms with Crippen LogP contribution in [-0.4, -0.2) is 32.1 Å². The summed E-state index contributed by atoms with van der Waals surface area (Å²) in [6.45, 7) is 0. The lowest BCUT2D eigenvalue weighted by Crippen LogP contribution is -2.26. The van der Waals surface area contributed by atoms with Gasteiger partial charge in [0.15, 0.2) is 0 Å². The highest BCUT2D eigenvalue weighted by Crippen LogP contribution is 2.27. The molecule has 2 aromatic rings. The zero-order valence-electron chi connectivity index (χ0n) is 16.5. The molecule has 1 aliphatic rings. The van der Waals surface area contributed by atoms with Crippen LogP contribution in [0, 0.1) is 0 Å². The van der Waals surface area contributed by atoms with Gasteiger partial charge in [0.05, 0.1) is 19.8 Å². The molecule has 0 fully saturated rings. The van der Waals surface area contributed by atoms with Crippen molar-refractivity contribution < 1.29 is 23.9 Å². The molecule has 0 spiro atoms. The molecule has 0 saturated carbocycles. The topological polar surface area (TPSA) is 84.9 Å². The average molecular weight is 404 g/mol. The molecule has 1 aliphatic heterocycles. The molecule has 3 rings (SSSR count). The van der Waals surface area contributed by atoms with E-state index in [1.165, 1.54) is 25.2 Å². The zero-order chi connectivity index (χ0) is 21.5. The van der Waals surface area contributed by atoms with Gasteiger partial charge in [-0.15, -0.1) is 0 Å². The average Bonchev–Trinajstić information content (AvgIpc) is 3.02. The van der Waals surface area contributed by atoms with Crippen LogP contribution in [0.3, 0.4) is 0 Å². The summed E-state index contributed by atoms with van der Waals surface area (Å²) in [6.07, 6.45) is 6.44. The minimum absolute atomic E-state index is 0.0235. The maximum Gasteiger partial charge on any atom is 0.355 e. The van der Waals surface area contributed by atoms with Crippen molar-refractivity contribution in [3.05, 3.63) is 95.9 Å². The van der Waals surface area contributed by atoms with E-state index >= 15 is 0 Å². The molecule has 1 N–H and O–H groups in total. The van der Waals surface area contributed by atoms with E-state index in [9.17, 15) is 14.4 Å². The molecule has 0 aliphatic carbocycles. The van der Waals surface area contributed by atoms with Gasteiger partial charge in [-0.3, -0.25) is 4.79 Å². The first-order valence-corrected chi connectivity index (χ1v) is 9.06. The van der Waals surface area contributed by atoms with Crippen molar-refractivity contribution in [3.63, 3.8) is 0 Å². The number of benzene rings is 2. The highest BCUT2D eigenvalue weighted by molar-refractivity contribution is 6.06. The number of amides is 1. The van der Waals surface area contributed by atoms with E-state index in [2.05, 4.69) is 5.32 Å². The van der Waals surface area contributed by atoms with Crippen molar-refractivity contribution in [2.45, 2.75) is 0 Å². The Labute approximate surface area is 173 Å². The van der Waals surface area contributed by atoms with E-state index in [4.69, 9.17) is 9.47 Å². The lowest BCUT2D eigenvalue weighted by Gasteiger charge is -2.23. The maximum atomic E-state index is 12.4. The predicted molar refractivity (Wildman–Crippen MR) is 113 cm³/mol. The molecule has 1 amide bonds.